The number of sulfonamides is 1. The number of carboxylic acid groups (broad SMARTS) is 2. The normalized spacial score (nSPS) is 15.2. The van der Waals surface area contributed by atoms with Crippen molar-refractivity contribution in [1.82, 2.24) is 9.21 Å². The van der Waals surface area contributed by atoms with Crippen LogP contribution in [0.1, 0.15) is 5.56 Å². The molecule has 1 aliphatic heterocycles. The molecule has 1 aromatic rings. The Balaban J connectivity index is 0.000000568. The minimum atomic E-state index is -3.12. The molecule has 12 heteroatoms. The molecule has 0 aliphatic carbocycles. The fourth-order valence-corrected chi connectivity index (χ4v) is 3.34. The fraction of sp³-hybridized carbons (Fsp3) is 0.500. The van der Waals surface area contributed by atoms with Crippen LogP contribution in [0.4, 0.5) is 0 Å². The third kappa shape index (κ3) is 6.87. The Morgan fingerprint density at radius 1 is 1.00 bits per heavy atom. The van der Waals surface area contributed by atoms with Gasteiger partial charge in [0.2, 0.25) is 15.8 Å². The lowest BCUT2D eigenvalue weighted by atomic mass is 10.1. The predicted molar refractivity (Wildman–Crippen MR) is 98.2 cm³/mol. The molecule has 0 unspecified atom stereocenters. The lowest BCUT2D eigenvalue weighted by Gasteiger charge is -2.33. The molecule has 0 saturated carbocycles. The molecular formula is C16H24N2O9S. The SMILES string of the molecule is COc1cc(CN2CCN(S(C)(=O)=O)CC2)cc(OC)c1O.O=C(O)C(=O)O. The van der Waals surface area contributed by atoms with Gasteiger partial charge in [-0.3, -0.25) is 4.90 Å². The van der Waals surface area contributed by atoms with Crippen LogP contribution in [-0.2, 0) is 26.2 Å². The van der Waals surface area contributed by atoms with Crippen molar-refractivity contribution in [3.63, 3.8) is 0 Å². The van der Waals surface area contributed by atoms with Crippen LogP contribution in [-0.4, -0.2) is 91.5 Å². The summed E-state index contributed by atoms with van der Waals surface area (Å²) in [5.74, 6) is -2.94. The number of phenolic OH excluding ortho intramolecular Hbond substituents is 1. The maximum atomic E-state index is 11.5. The lowest BCUT2D eigenvalue weighted by Crippen LogP contribution is -2.47. The zero-order valence-electron chi connectivity index (χ0n) is 15.8. The van der Waals surface area contributed by atoms with Crippen LogP contribution in [0.5, 0.6) is 17.2 Å². The lowest BCUT2D eigenvalue weighted by molar-refractivity contribution is -0.159. The van der Waals surface area contributed by atoms with E-state index in [9.17, 15) is 13.5 Å². The second-order valence-electron chi connectivity index (χ2n) is 5.90. The van der Waals surface area contributed by atoms with Gasteiger partial charge in [0.1, 0.15) is 0 Å². The van der Waals surface area contributed by atoms with Crippen LogP contribution < -0.4 is 9.47 Å². The van der Waals surface area contributed by atoms with Crippen molar-refractivity contribution in [3.05, 3.63) is 17.7 Å². The highest BCUT2D eigenvalue weighted by Crippen LogP contribution is 2.37. The van der Waals surface area contributed by atoms with Crippen molar-refractivity contribution >= 4 is 22.0 Å². The van der Waals surface area contributed by atoms with Crippen molar-refractivity contribution in [2.24, 2.45) is 0 Å². The number of hydrogen-bond donors (Lipinski definition) is 3. The van der Waals surface area contributed by atoms with Gasteiger partial charge in [-0.25, -0.2) is 18.0 Å². The van der Waals surface area contributed by atoms with E-state index in [0.717, 1.165) is 5.56 Å². The Morgan fingerprint density at radius 2 is 1.43 bits per heavy atom. The number of ether oxygens (including phenoxy) is 2. The minimum absolute atomic E-state index is 0.0179. The highest BCUT2D eigenvalue weighted by Gasteiger charge is 2.23. The molecule has 1 saturated heterocycles. The molecule has 0 atom stereocenters. The van der Waals surface area contributed by atoms with E-state index >= 15 is 0 Å². The number of piperazine rings is 1. The predicted octanol–water partition coefficient (Wildman–Crippen LogP) is -0.358. The van der Waals surface area contributed by atoms with E-state index in [2.05, 4.69) is 4.90 Å². The van der Waals surface area contributed by atoms with E-state index in [4.69, 9.17) is 29.3 Å². The van der Waals surface area contributed by atoms with Gasteiger partial charge in [-0.15, -0.1) is 0 Å². The van der Waals surface area contributed by atoms with Crippen LogP contribution in [0, 0.1) is 0 Å². The second kappa shape index (κ2) is 10.1. The van der Waals surface area contributed by atoms with Crippen molar-refractivity contribution in [1.29, 1.82) is 0 Å². The van der Waals surface area contributed by atoms with Crippen LogP contribution >= 0.6 is 0 Å². The Labute approximate surface area is 162 Å². The van der Waals surface area contributed by atoms with E-state index in [1.165, 1.54) is 24.8 Å². The molecule has 1 fully saturated rings. The topological polar surface area (TPSA) is 154 Å². The third-order valence-electron chi connectivity index (χ3n) is 3.93. The molecule has 0 aromatic heterocycles. The van der Waals surface area contributed by atoms with Gasteiger partial charge in [-0.2, -0.15) is 4.31 Å². The Hall–Kier alpha value is -2.57. The molecule has 0 spiro atoms. The second-order valence-corrected chi connectivity index (χ2v) is 7.88. The van der Waals surface area contributed by atoms with E-state index in [1.807, 2.05) is 0 Å². The molecule has 0 radical (unpaired) electrons. The standard InChI is InChI=1S/C14H22N2O5S.C2H2O4/c1-20-12-8-11(9-13(21-2)14(12)17)10-15-4-6-16(7-5-15)22(3,18)19;3-1(4)2(5)6/h8-9,17H,4-7,10H2,1-3H3;(H,3,4)(H,5,6). The Kier molecular flexibility index (Phi) is 8.47. The van der Waals surface area contributed by atoms with E-state index in [0.29, 0.717) is 44.2 Å². The molecule has 1 aliphatic rings. The summed E-state index contributed by atoms with van der Waals surface area (Å²) in [5.41, 5.74) is 0.944. The number of rotatable bonds is 5. The van der Waals surface area contributed by atoms with E-state index in [1.54, 1.807) is 12.1 Å². The molecule has 3 N–H and O–H groups in total. The number of carbonyl (C=O) groups is 2. The van der Waals surface area contributed by atoms with Gasteiger partial charge in [0.05, 0.1) is 20.5 Å². The van der Waals surface area contributed by atoms with Crippen LogP contribution in [0.2, 0.25) is 0 Å². The first-order valence-electron chi connectivity index (χ1n) is 8.07. The first-order chi connectivity index (χ1) is 13.0. The Bertz CT molecular complexity index is 765. The number of carboxylic acids is 2. The molecule has 0 amide bonds. The van der Waals surface area contributed by atoms with Gasteiger partial charge in [0.25, 0.3) is 0 Å². The number of hydrogen-bond acceptors (Lipinski definition) is 8. The van der Waals surface area contributed by atoms with Gasteiger partial charge in [-0.1, -0.05) is 0 Å². The smallest absolute Gasteiger partial charge is 0.414 e. The highest BCUT2D eigenvalue weighted by atomic mass is 32.2. The summed E-state index contributed by atoms with van der Waals surface area (Å²) in [6.45, 7) is 2.96. The van der Waals surface area contributed by atoms with Crippen molar-refractivity contribution in [2.45, 2.75) is 6.54 Å². The molecule has 2 rings (SSSR count). The summed E-state index contributed by atoms with van der Waals surface area (Å²) in [6.07, 6.45) is 1.23. The number of benzene rings is 1. The quantitative estimate of drug-likeness (QED) is 0.538. The summed E-state index contributed by atoms with van der Waals surface area (Å²) < 4.78 is 34.8. The van der Waals surface area contributed by atoms with Gasteiger partial charge < -0.3 is 24.8 Å². The largest absolute Gasteiger partial charge is 0.502 e. The maximum Gasteiger partial charge on any atom is 0.414 e. The molecular weight excluding hydrogens is 396 g/mol. The summed E-state index contributed by atoms with van der Waals surface area (Å²) in [7, 11) is -0.137. The average Bonchev–Trinajstić information content (AvgIpc) is 2.63. The zero-order chi connectivity index (χ0) is 21.5. The number of methoxy groups -OCH3 is 2. The van der Waals surface area contributed by atoms with Crippen molar-refractivity contribution < 1.29 is 42.8 Å². The third-order valence-corrected chi connectivity index (χ3v) is 5.23. The van der Waals surface area contributed by atoms with E-state index in [-0.39, 0.29) is 5.75 Å². The average molecular weight is 420 g/mol. The van der Waals surface area contributed by atoms with Crippen LogP contribution in [0.25, 0.3) is 0 Å². The monoisotopic (exact) mass is 420 g/mol. The first-order valence-corrected chi connectivity index (χ1v) is 9.92. The molecule has 28 heavy (non-hydrogen) atoms. The van der Waals surface area contributed by atoms with Crippen LogP contribution in [0.3, 0.4) is 0 Å². The number of phenols is 1. The molecule has 1 heterocycles. The Morgan fingerprint density at radius 3 is 1.75 bits per heavy atom. The zero-order valence-corrected chi connectivity index (χ0v) is 16.6. The van der Waals surface area contributed by atoms with Gasteiger partial charge in [0.15, 0.2) is 11.5 Å². The maximum absolute atomic E-state index is 11.5. The summed E-state index contributed by atoms with van der Waals surface area (Å²) >= 11 is 0. The number of nitrogens with zero attached hydrogens (tertiary/aromatic N) is 2. The number of aliphatic carboxylic acids is 2. The molecule has 0 bridgehead atoms. The fourth-order valence-electron chi connectivity index (χ4n) is 2.52. The number of aromatic hydroxyl groups is 1. The highest BCUT2D eigenvalue weighted by molar-refractivity contribution is 7.88. The van der Waals surface area contributed by atoms with Gasteiger partial charge in [-0.05, 0) is 17.7 Å². The van der Waals surface area contributed by atoms with Gasteiger partial charge >= 0.3 is 11.9 Å². The molecule has 1 aromatic carbocycles. The summed E-state index contributed by atoms with van der Waals surface area (Å²) in [4.78, 5) is 20.4. The first kappa shape index (κ1) is 23.5. The van der Waals surface area contributed by atoms with Crippen molar-refractivity contribution in [3.8, 4) is 17.2 Å². The minimum Gasteiger partial charge on any atom is -0.502 e. The molecule has 158 valence electrons. The van der Waals surface area contributed by atoms with Crippen LogP contribution in [0.15, 0.2) is 12.1 Å². The van der Waals surface area contributed by atoms with Gasteiger partial charge in [0, 0.05) is 32.7 Å². The van der Waals surface area contributed by atoms with E-state index < -0.39 is 22.0 Å². The van der Waals surface area contributed by atoms with Crippen molar-refractivity contribution in [2.75, 3.05) is 46.7 Å². The molecule has 11 nitrogen and oxygen atoms in total. The summed E-state index contributed by atoms with van der Waals surface area (Å²) in [5, 5.41) is 24.7. The summed E-state index contributed by atoms with van der Waals surface area (Å²) in [6, 6.07) is 3.53.